The summed E-state index contributed by atoms with van der Waals surface area (Å²) >= 11 is 0. The predicted molar refractivity (Wildman–Crippen MR) is 51.2 cm³/mol. The normalized spacial score (nSPS) is 13.3. The van der Waals surface area contributed by atoms with Gasteiger partial charge in [0.2, 0.25) is 0 Å². The van der Waals surface area contributed by atoms with Gasteiger partial charge in [0.1, 0.15) is 0 Å². The van der Waals surface area contributed by atoms with Gasteiger partial charge in [-0.2, -0.15) is 0 Å². The molecule has 0 fully saturated rings. The summed E-state index contributed by atoms with van der Waals surface area (Å²) in [6.45, 7) is 12.3. The fraction of sp³-hybridized carbons (Fsp3) is 0.600. The minimum absolute atomic E-state index is 0.219. The number of hydrogen-bond acceptors (Lipinski definition) is 1. The molecule has 0 radical (unpaired) electrons. The number of nitrogens with two attached hydrogens (primary N) is 1. The lowest BCUT2D eigenvalue weighted by atomic mass is 9.84. The second-order valence-corrected chi connectivity index (χ2v) is 3.90. The first-order valence-corrected chi connectivity index (χ1v) is 3.97. The lowest BCUT2D eigenvalue weighted by molar-refractivity contribution is 0.489. The first-order valence-electron chi connectivity index (χ1n) is 3.97. The molecule has 0 aromatic heterocycles. The molecule has 1 nitrogen and oxygen atoms in total. The van der Waals surface area contributed by atoms with Gasteiger partial charge in [0.05, 0.1) is 0 Å². The molecule has 0 aromatic carbocycles. The zero-order valence-electron chi connectivity index (χ0n) is 8.07. The average molecular weight is 153 g/mol. The van der Waals surface area contributed by atoms with E-state index in [0.717, 1.165) is 12.1 Å². The van der Waals surface area contributed by atoms with E-state index in [-0.39, 0.29) is 5.41 Å². The van der Waals surface area contributed by atoms with Gasteiger partial charge in [0.25, 0.3) is 0 Å². The molecule has 11 heavy (non-hydrogen) atoms. The maximum absolute atomic E-state index is 5.53. The topological polar surface area (TPSA) is 26.0 Å². The van der Waals surface area contributed by atoms with Crippen LogP contribution in [0.25, 0.3) is 0 Å². The Kier molecular flexibility index (Phi) is 3.37. The van der Waals surface area contributed by atoms with Crippen LogP contribution in [-0.2, 0) is 0 Å². The molecule has 0 atom stereocenters. The third kappa shape index (κ3) is 3.87. The van der Waals surface area contributed by atoms with E-state index >= 15 is 0 Å². The molecule has 64 valence electrons. The molecule has 0 aliphatic carbocycles. The Morgan fingerprint density at radius 2 is 1.91 bits per heavy atom. The minimum atomic E-state index is 0.219. The van der Waals surface area contributed by atoms with Crippen LogP contribution in [0, 0.1) is 5.41 Å². The smallest absolute Gasteiger partial charge is 0.00786 e. The molecule has 0 aliphatic heterocycles. The van der Waals surface area contributed by atoms with E-state index in [1.165, 1.54) is 5.57 Å². The zero-order chi connectivity index (χ0) is 9.07. The van der Waals surface area contributed by atoms with Crippen LogP contribution in [-0.4, -0.2) is 0 Å². The molecular formula is C10H19N. The van der Waals surface area contributed by atoms with Gasteiger partial charge >= 0.3 is 0 Å². The van der Waals surface area contributed by atoms with Crippen LogP contribution in [0.4, 0.5) is 0 Å². The lowest BCUT2D eigenvalue weighted by Gasteiger charge is -2.22. The Labute approximate surface area is 70.0 Å². The zero-order valence-corrected chi connectivity index (χ0v) is 8.07. The van der Waals surface area contributed by atoms with Gasteiger partial charge in [-0.15, -0.1) is 0 Å². The summed E-state index contributed by atoms with van der Waals surface area (Å²) < 4.78 is 0. The van der Waals surface area contributed by atoms with Gasteiger partial charge in [-0.3, -0.25) is 0 Å². The van der Waals surface area contributed by atoms with E-state index in [0.29, 0.717) is 0 Å². The van der Waals surface area contributed by atoms with Gasteiger partial charge < -0.3 is 5.73 Å². The number of rotatable bonds is 2. The van der Waals surface area contributed by atoms with Crippen LogP contribution >= 0.6 is 0 Å². The summed E-state index contributed by atoms with van der Waals surface area (Å²) in [5, 5.41) is 0. The molecule has 0 amide bonds. The quantitative estimate of drug-likeness (QED) is 0.606. The molecule has 0 saturated heterocycles. The van der Waals surface area contributed by atoms with Gasteiger partial charge in [0.15, 0.2) is 0 Å². The van der Waals surface area contributed by atoms with E-state index in [4.69, 9.17) is 5.73 Å². The van der Waals surface area contributed by atoms with Crippen molar-refractivity contribution in [2.75, 3.05) is 0 Å². The lowest BCUT2D eigenvalue weighted by Crippen LogP contribution is -2.11. The SMILES string of the molecule is C=C(N)C/C(=C\C)C(C)(C)C. The van der Waals surface area contributed by atoms with Crippen molar-refractivity contribution in [3.8, 4) is 0 Å². The molecule has 1 heteroatoms. The standard InChI is InChI=1S/C10H19N/c1-6-9(7-8(2)11)10(3,4)5/h6H,2,7,11H2,1,3-5H3/b9-6+. The summed E-state index contributed by atoms with van der Waals surface area (Å²) in [5.41, 5.74) is 7.84. The fourth-order valence-electron chi connectivity index (χ4n) is 1.04. The second kappa shape index (κ2) is 3.61. The van der Waals surface area contributed by atoms with E-state index < -0.39 is 0 Å². The number of hydrogen-bond donors (Lipinski definition) is 1. The van der Waals surface area contributed by atoms with Crippen molar-refractivity contribution in [2.24, 2.45) is 11.1 Å². The Hall–Kier alpha value is -0.720. The van der Waals surface area contributed by atoms with Gasteiger partial charge in [-0.25, -0.2) is 0 Å². The highest BCUT2D eigenvalue weighted by Crippen LogP contribution is 2.28. The fourth-order valence-corrected chi connectivity index (χ4v) is 1.04. The highest BCUT2D eigenvalue weighted by Gasteiger charge is 2.15. The van der Waals surface area contributed by atoms with Crippen LogP contribution in [0.2, 0.25) is 0 Å². The molecule has 2 N–H and O–H groups in total. The van der Waals surface area contributed by atoms with Gasteiger partial charge in [0, 0.05) is 12.1 Å². The van der Waals surface area contributed by atoms with Crippen molar-refractivity contribution in [3.63, 3.8) is 0 Å². The molecule has 0 rings (SSSR count). The number of allylic oxidation sites excluding steroid dienone is 2. The molecule has 0 unspecified atom stereocenters. The first kappa shape index (κ1) is 10.3. The summed E-state index contributed by atoms with van der Waals surface area (Å²) in [5.74, 6) is 0. The Balaban J connectivity index is 4.33. The summed E-state index contributed by atoms with van der Waals surface area (Å²) in [6, 6.07) is 0. The molecule has 0 spiro atoms. The van der Waals surface area contributed by atoms with E-state index in [9.17, 15) is 0 Å². The monoisotopic (exact) mass is 153 g/mol. The Bertz CT molecular complexity index is 170. The Morgan fingerprint density at radius 1 is 1.45 bits per heavy atom. The third-order valence-electron chi connectivity index (χ3n) is 1.73. The van der Waals surface area contributed by atoms with Crippen molar-refractivity contribution in [2.45, 2.75) is 34.1 Å². The van der Waals surface area contributed by atoms with E-state index in [1.54, 1.807) is 0 Å². The largest absolute Gasteiger partial charge is 0.402 e. The molecule has 0 bridgehead atoms. The second-order valence-electron chi connectivity index (χ2n) is 3.90. The highest BCUT2D eigenvalue weighted by molar-refractivity contribution is 5.16. The van der Waals surface area contributed by atoms with Gasteiger partial charge in [-0.1, -0.05) is 39.0 Å². The molecular weight excluding hydrogens is 134 g/mol. The molecule has 0 aliphatic rings. The minimum Gasteiger partial charge on any atom is -0.402 e. The van der Waals surface area contributed by atoms with Crippen LogP contribution in [0.1, 0.15) is 34.1 Å². The van der Waals surface area contributed by atoms with Crippen molar-refractivity contribution < 1.29 is 0 Å². The highest BCUT2D eigenvalue weighted by atomic mass is 14.6. The van der Waals surface area contributed by atoms with Crippen LogP contribution < -0.4 is 5.73 Å². The summed E-state index contributed by atoms with van der Waals surface area (Å²) in [7, 11) is 0. The van der Waals surface area contributed by atoms with Crippen LogP contribution in [0.3, 0.4) is 0 Å². The maximum Gasteiger partial charge on any atom is 0.00786 e. The summed E-state index contributed by atoms with van der Waals surface area (Å²) in [4.78, 5) is 0. The first-order chi connectivity index (χ1) is 4.88. The molecule has 0 saturated carbocycles. The van der Waals surface area contributed by atoms with E-state index in [1.807, 2.05) is 6.92 Å². The Morgan fingerprint density at radius 3 is 2.00 bits per heavy atom. The summed E-state index contributed by atoms with van der Waals surface area (Å²) in [6.07, 6.45) is 2.94. The van der Waals surface area contributed by atoms with Crippen LogP contribution in [0.5, 0.6) is 0 Å². The third-order valence-corrected chi connectivity index (χ3v) is 1.73. The predicted octanol–water partition coefficient (Wildman–Crippen LogP) is 2.84. The van der Waals surface area contributed by atoms with E-state index in [2.05, 4.69) is 33.4 Å². The van der Waals surface area contributed by atoms with Crippen molar-refractivity contribution in [1.29, 1.82) is 0 Å². The van der Waals surface area contributed by atoms with Crippen molar-refractivity contribution >= 4 is 0 Å². The maximum atomic E-state index is 5.53. The van der Waals surface area contributed by atoms with Crippen LogP contribution in [0.15, 0.2) is 23.9 Å². The average Bonchev–Trinajstić information content (AvgIpc) is 1.79. The van der Waals surface area contributed by atoms with Gasteiger partial charge in [-0.05, 0) is 12.3 Å². The molecule has 0 aromatic rings. The van der Waals surface area contributed by atoms with Crippen molar-refractivity contribution in [3.05, 3.63) is 23.9 Å². The van der Waals surface area contributed by atoms with Crippen molar-refractivity contribution in [1.82, 2.24) is 0 Å². The molecule has 0 heterocycles.